The van der Waals surface area contributed by atoms with Crippen molar-refractivity contribution >= 4 is 17.2 Å². The van der Waals surface area contributed by atoms with Gasteiger partial charge in [-0.2, -0.15) is 0 Å². The predicted octanol–water partition coefficient (Wildman–Crippen LogP) is 3.89. The number of nitrogens with zero attached hydrogens (tertiary/aromatic N) is 2. The Balaban J connectivity index is 1.98. The van der Waals surface area contributed by atoms with E-state index in [1.807, 2.05) is 34.9 Å². The molecular weight excluding hydrogens is 244 g/mol. The van der Waals surface area contributed by atoms with Crippen LogP contribution in [0.3, 0.4) is 0 Å². The Hall–Kier alpha value is -1.80. The van der Waals surface area contributed by atoms with Gasteiger partial charge in [-0.15, -0.1) is 0 Å². The van der Waals surface area contributed by atoms with Gasteiger partial charge in [-0.3, -0.25) is 0 Å². The molecule has 0 unspecified atom stereocenters. The number of aryl methyl sites for hydroxylation is 1. The minimum Gasteiger partial charge on any atom is -0.307 e. The van der Waals surface area contributed by atoms with Gasteiger partial charge >= 0.3 is 0 Å². The molecule has 3 rings (SSSR count). The minimum absolute atomic E-state index is 0.764. The maximum atomic E-state index is 6.16. The second-order valence-corrected chi connectivity index (χ2v) is 4.88. The van der Waals surface area contributed by atoms with Crippen molar-refractivity contribution in [2.45, 2.75) is 13.3 Å². The number of hydrogen-bond donors (Lipinski definition) is 0. The first-order chi connectivity index (χ1) is 8.72. The zero-order valence-corrected chi connectivity index (χ0v) is 10.9. The van der Waals surface area contributed by atoms with Crippen LogP contribution in [-0.4, -0.2) is 9.38 Å². The summed E-state index contributed by atoms with van der Waals surface area (Å²) in [6, 6.07) is 12.1. The largest absolute Gasteiger partial charge is 0.307 e. The third kappa shape index (κ3) is 2.12. The summed E-state index contributed by atoms with van der Waals surface area (Å²) in [5.74, 6) is 0. The van der Waals surface area contributed by atoms with E-state index in [1.54, 1.807) is 0 Å². The van der Waals surface area contributed by atoms with Crippen molar-refractivity contribution in [1.29, 1.82) is 0 Å². The van der Waals surface area contributed by atoms with Crippen molar-refractivity contribution < 1.29 is 0 Å². The molecule has 2 nitrogen and oxygen atoms in total. The molecule has 0 fully saturated rings. The van der Waals surface area contributed by atoms with Crippen molar-refractivity contribution in [2.24, 2.45) is 0 Å². The molecule has 0 spiro atoms. The molecular formula is C15H13ClN2. The smallest absolute Gasteiger partial charge is 0.137 e. The van der Waals surface area contributed by atoms with Gasteiger partial charge in [0.2, 0.25) is 0 Å². The molecule has 0 radical (unpaired) electrons. The van der Waals surface area contributed by atoms with E-state index in [9.17, 15) is 0 Å². The molecule has 0 saturated carbocycles. The maximum absolute atomic E-state index is 6.16. The summed E-state index contributed by atoms with van der Waals surface area (Å²) in [6.07, 6.45) is 4.85. The van der Waals surface area contributed by atoms with E-state index in [0.717, 1.165) is 28.3 Å². The average Bonchev–Trinajstić information content (AvgIpc) is 2.73. The van der Waals surface area contributed by atoms with Gasteiger partial charge < -0.3 is 4.40 Å². The highest BCUT2D eigenvalue weighted by Gasteiger charge is 2.05. The highest BCUT2D eigenvalue weighted by Crippen LogP contribution is 2.19. The molecule has 0 amide bonds. The Morgan fingerprint density at radius 1 is 1.22 bits per heavy atom. The van der Waals surface area contributed by atoms with Crippen molar-refractivity contribution in [3.05, 3.63) is 70.6 Å². The summed E-state index contributed by atoms with van der Waals surface area (Å²) >= 11 is 6.16. The van der Waals surface area contributed by atoms with Crippen molar-refractivity contribution in [3.8, 4) is 0 Å². The molecule has 2 aromatic heterocycles. The molecule has 0 atom stereocenters. The highest BCUT2D eigenvalue weighted by molar-refractivity contribution is 6.31. The molecule has 1 aromatic carbocycles. The van der Waals surface area contributed by atoms with Gasteiger partial charge in [0, 0.05) is 23.8 Å². The van der Waals surface area contributed by atoms with Crippen LogP contribution in [-0.2, 0) is 6.42 Å². The Kier molecular flexibility index (Phi) is 2.80. The molecule has 0 N–H and O–H groups in total. The lowest BCUT2D eigenvalue weighted by molar-refractivity contribution is 1.11. The van der Waals surface area contributed by atoms with E-state index in [1.165, 1.54) is 5.56 Å². The quantitative estimate of drug-likeness (QED) is 0.680. The highest BCUT2D eigenvalue weighted by atomic mass is 35.5. The van der Waals surface area contributed by atoms with Crippen LogP contribution in [0.15, 0.2) is 48.8 Å². The second-order valence-electron chi connectivity index (χ2n) is 4.47. The predicted molar refractivity (Wildman–Crippen MR) is 74.2 cm³/mol. The number of halogens is 1. The molecule has 0 aliphatic heterocycles. The Morgan fingerprint density at radius 2 is 2.06 bits per heavy atom. The van der Waals surface area contributed by atoms with Crippen LogP contribution in [0, 0.1) is 6.92 Å². The van der Waals surface area contributed by atoms with Crippen molar-refractivity contribution in [2.75, 3.05) is 0 Å². The first-order valence-corrected chi connectivity index (χ1v) is 6.28. The van der Waals surface area contributed by atoms with Crippen LogP contribution in [0.25, 0.3) is 5.65 Å². The number of pyridine rings is 1. The zero-order chi connectivity index (χ0) is 12.5. The van der Waals surface area contributed by atoms with Crippen LogP contribution in [0.5, 0.6) is 0 Å². The lowest BCUT2D eigenvalue weighted by Crippen LogP contribution is -1.88. The van der Waals surface area contributed by atoms with E-state index in [4.69, 9.17) is 11.6 Å². The number of aromatic nitrogens is 2. The van der Waals surface area contributed by atoms with E-state index in [-0.39, 0.29) is 0 Å². The summed E-state index contributed by atoms with van der Waals surface area (Å²) in [7, 11) is 0. The van der Waals surface area contributed by atoms with Gasteiger partial charge in [0.1, 0.15) is 5.65 Å². The number of imidazole rings is 1. The average molecular weight is 257 g/mol. The van der Waals surface area contributed by atoms with Crippen LogP contribution >= 0.6 is 11.6 Å². The van der Waals surface area contributed by atoms with E-state index >= 15 is 0 Å². The number of hydrogen-bond acceptors (Lipinski definition) is 1. The van der Waals surface area contributed by atoms with Gasteiger partial charge in [0.15, 0.2) is 0 Å². The third-order valence-electron chi connectivity index (χ3n) is 3.00. The van der Waals surface area contributed by atoms with Gasteiger partial charge in [-0.05, 0) is 36.2 Å². The topological polar surface area (TPSA) is 17.3 Å². The molecule has 2 heterocycles. The minimum atomic E-state index is 0.764. The molecule has 18 heavy (non-hydrogen) atoms. The number of fused-ring (bicyclic) bond motifs is 1. The first-order valence-electron chi connectivity index (χ1n) is 5.90. The fraction of sp³-hybridized carbons (Fsp3) is 0.133. The van der Waals surface area contributed by atoms with Gasteiger partial charge in [0.25, 0.3) is 0 Å². The van der Waals surface area contributed by atoms with Crippen molar-refractivity contribution in [3.63, 3.8) is 0 Å². The lowest BCUT2D eigenvalue weighted by atomic mass is 10.1. The Morgan fingerprint density at radius 3 is 2.89 bits per heavy atom. The molecule has 0 bridgehead atoms. The number of rotatable bonds is 2. The van der Waals surface area contributed by atoms with E-state index in [0.29, 0.717) is 0 Å². The van der Waals surface area contributed by atoms with Gasteiger partial charge in [-0.25, -0.2) is 4.98 Å². The summed E-state index contributed by atoms with van der Waals surface area (Å²) in [5, 5.41) is 0.797. The Bertz CT molecular complexity index is 701. The molecule has 3 aromatic rings. The van der Waals surface area contributed by atoms with E-state index < -0.39 is 0 Å². The molecule has 0 aliphatic rings. The SMILES string of the molecule is Cc1ccn2cc(Cc3ccccc3Cl)nc2c1. The summed E-state index contributed by atoms with van der Waals surface area (Å²) in [4.78, 5) is 4.61. The summed E-state index contributed by atoms with van der Waals surface area (Å²) in [5.41, 5.74) is 4.35. The molecule has 0 aliphatic carbocycles. The normalized spacial score (nSPS) is 11.0. The third-order valence-corrected chi connectivity index (χ3v) is 3.36. The summed E-state index contributed by atoms with van der Waals surface area (Å²) in [6.45, 7) is 2.07. The first kappa shape index (κ1) is 11.3. The van der Waals surface area contributed by atoms with Crippen LogP contribution in [0.1, 0.15) is 16.8 Å². The Labute approximate surface area is 111 Å². The fourth-order valence-corrected chi connectivity index (χ4v) is 2.26. The molecule has 90 valence electrons. The second kappa shape index (κ2) is 4.46. The fourth-order valence-electron chi connectivity index (χ4n) is 2.06. The lowest BCUT2D eigenvalue weighted by Gasteiger charge is -2.00. The molecule has 0 saturated heterocycles. The standard InChI is InChI=1S/C15H13ClN2/c1-11-6-7-18-10-13(17-15(18)8-11)9-12-4-2-3-5-14(12)16/h2-8,10H,9H2,1H3. The van der Waals surface area contributed by atoms with E-state index in [2.05, 4.69) is 30.2 Å². The van der Waals surface area contributed by atoms with Crippen molar-refractivity contribution in [1.82, 2.24) is 9.38 Å². The zero-order valence-electron chi connectivity index (χ0n) is 10.1. The molecule has 3 heteroatoms. The van der Waals surface area contributed by atoms with Gasteiger partial charge in [0.05, 0.1) is 5.69 Å². The number of benzene rings is 1. The van der Waals surface area contributed by atoms with Crippen LogP contribution in [0.2, 0.25) is 5.02 Å². The van der Waals surface area contributed by atoms with Crippen LogP contribution in [0.4, 0.5) is 0 Å². The maximum Gasteiger partial charge on any atom is 0.137 e. The van der Waals surface area contributed by atoms with Crippen LogP contribution < -0.4 is 0 Å². The monoisotopic (exact) mass is 256 g/mol. The van der Waals surface area contributed by atoms with Gasteiger partial charge in [-0.1, -0.05) is 29.8 Å². The summed E-state index contributed by atoms with van der Waals surface area (Å²) < 4.78 is 2.04.